The molecule has 3 rings (SSSR count). The first-order chi connectivity index (χ1) is 13.5. The van der Waals surface area contributed by atoms with Crippen LogP contribution in [0.4, 0.5) is 0 Å². The second-order valence-electron chi connectivity index (χ2n) is 8.03. The van der Waals surface area contributed by atoms with Crippen LogP contribution in [0.25, 0.3) is 0 Å². The zero-order valence-electron chi connectivity index (χ0n) is 18.2. The minimum absolute atomic E-state index is 0. The Morgan fingerprint density at radius 1 is 1.24 bits per heavy atom. The number of carbonyl (C=O) groups excluding carboxylic acids is 1. The highest BCUT2D eigenvalue weighted by Crippen LogP contribution is 2.19. The third kappa shape index (κ3) is 5.83. The third-order valence-corrected chi connectivity index (χ3v) is 5.83. The van der Waals surface area contributed by atoms with Crippen molar-refractivity contribution in [1.29, 1.82) is 0 Å². The quantitative estimate of drug-likeness (QED) is 0.709. The van der Waals surface area contributed by atoms with Gasteiger partial charge in [0.2, 0.25) is 5.91 Å². The summed E-state index contributed by atoms with van der Waals surface area (Å²) in [7, 11) is 0. The summed E-state index contributed by atoms with van der Waals surface area (Å²) < 4.78 is 2.07. The van der Waals surface area contributed by atoms with Gasteiger partial charge in [0.1, 0.15) is 0 Å². The van der Waals surface area contributed by atoms with Gasteiger partial charge in [0.15, 0.2) is 0 Å². The largest absolute Gasteiger partial charge is 0.338 e. The van der Waals surface area contributed by atoms with Crippen LogP contribution >= 0.6 is 12.4 Å². The van der Waals surface area contributed by atoms with E-state index in [2.05, 4.69) is 66.9 Å². The van der Waals surface area contributed by atoms with Crippen molar-refractivity contribution in [3.8, 4) is 0 Å². The van der Waals surface area contributed by atoms with Crippen LogP contribution in [0, 0.1) is 20.8 Å². The molecule has 2 aromatic rings. The Morgan fingerprint density at radius 3 is 2.59 bits per heavy atom. The van der Waals surface area contributed by atoms with E-state index in [-0.39, 0.29) is 18.3 Å². The lowest BCUT2D eigenvalue weighted by Gasteiger charge is -2.28. The van der Waals surface area contributed by atoms with Gasteiger partial charge in [-0.25, -0.2) is 0 Å². The van der Waals surface area contributed by atoms with Gasteiger partial charge in [0, 0.05) is 31.2 Å². The lowest BCUT2D eigenvalue weighted by molar-refractivity contribution is -0.133. The molecule has 5 nitrogen and oxygen atoms in total. The molecule has 1 aliphatic rings. The Hall–Kier alpha value is -1.85. The van der Waals surface area contributed by atoms with Gasteiger partial charge in [-0.05, 0) is 57.7 Å². The summed E-state index contributed by atoms with van der Waals surface area (Å²) in [6.45, 7) is 12.0. The van der Waals surface area contributed by atoms with E-state index in [9.17, 15) is 4.79 Å². The maximum Gasteiger partial charge on any atom is 0.223 e. The van der Waals surface area contributed by atoms with Crippen molar-refractivity contribution in [2.75, 3.05) is 19.6 Å². The van der Waals surface area contributed by atoms with E-state index in [4.69, 9.17) is 5.10 Å². The molecule has 160 valence electrons. The van der Waals surface area contributed by atoms with Crippen LogP contribution in [0.2, 0.25) is 0 Å². The fourth-order valence-corrected chi connectivity index (χ4v) is 4.15. The Morgan fingerprint density at radius 2 is 1.97 bits per heavy atom. The number of hydrogen-bond donors (Lipinski definition) is 1. The molecular formula is C23H35ClN4O. The van der Waals surface area contributed by atoms with Crippen LogP contribution in [0.5, 0.6) is 0 Å². The minimum atomic E-state index is 0. The van der Waals surface area contributed by atoms with E-state index in [1.807, 2.05) is 0 Å². The molecular weight excluding hydrogens is 384 g/mol. The van der Waals surface area contributed by atoms with Crippen molar-refractivity contribution < 1.29 is 4.79 Å². The molecule has 0 bridgehead atoms. The molecule has 6 heteroatoms. The number of aromatic nitrogens is 2. The van der Waals surface area contributed by atoms with Crippen LogP contribution in [-0.2, 0) is 17.8 Å². The third-order valence-electron chi connectivity index (χ3n) is 5.83. The van der Waals surface area contributed by atoms with Crippen molar-refractivity contribution in [2.45, 2.75) is 66.0 Å². The van der Waals surface area contributed by atoms with Gasteiger partial charge in [-0.3, -0.25) is 9.48 Å². The normalized spacial score (nSPS) is 15.9. The lowest BCUT2D eigenvalue weighted by Crippen LogP contribution is -2.42. The van der Waals surface area contributed by atoms with Crippen molar-refractivity contribution in [2.24, 2.45) is 0 Å². The molecule has 0 spiro atoms. The Kier molecular flexibility index (Phi) is 8.72. The summed E-state index contributed by atoms with van der Waals surface area (Å²) in [4.78, 5) is 15.0. The Bertz CT molecular complexity index is 794. The first-order valence-electron chi connectivity index (χ1n) is 10.6. The van der Waals surface area contributed by atoms with E-state index in [0.29, 0.717) is 12.5 Å². The molecule has 1 N–H and O–H groups in total. The van der Waals surface area contributed by atoms with Crippen molar-refractivity contribution >= 4 is 18.3 Å². The predicted octanol–water partition coefficient (Wildman–Crippen LogP) is 3.81. The van der Waals surface area contributed by atoms with Gasteiger partial charge in [-0.15, -0.1) is 12.4 Å². The number of halogens is 1. The molecule has 1 amide bonds. The molecule has 1 fully saturated rings. The monoisotopic (exact) mass is 418 g/mol. The molecule has 29 heavy (non-hydrogen) atoms. The van der Waals surface area contributed by atoms with Gasteiger partial charge in [-0.2, -0.15) is 5.10 Å². The molecule has 1 aliphatic heterocycles. The standard InChI is InChI=1S/C23H34N4O.ClH/c1-5-14-26(21-12-13-24-15-21)23(28)11-10-22-18(3)25-27(19(22)4)16-20-8-6-17(2)7-9-20;/h6-9,21,24H,5,10-16H2,1-4H3;1H. The topological polar surface area (TPSA) is 50.2 Å². The number of aryl methyl sites for hydroxylation is 2. The number of rotatable bonds is 8. The lowest BCUT2D eigenvalue weighted by atomic mass is 10.1. The van der Waals surface area contributed by atoms with E-state index in [1.54, 1.807) is 0 Å². The average Bonchev–Trinajstić information content (AvgIpc) is 3.29. The van der Waals surface area contributed by atoms with Gasteiger partial charge in [0.05, 0.1) is 12.2 Å². The van der Waals surface area contributed by atoms with E-state index >= 15 is 0 Å². The number of nitrogens with zero attached hydrogens (tertiary/aromatic N) is 3. The van der Waals surface area contributed by atoms with Crippen molar-refractivity contribution in [3.05, 3.63) is 52.3 Å². The second-order valence-corrected chi connectivity index (χ2v) is 8.03. The number of benzene rings is 1. The minimum Gasteiger partial charge on any atom is -0.338 e. The SMILES string of the molecule is CCCN(C(=O)CCc1c(C)nn(Cc2ccc(C)cc2)c1C)C1CCNC1.Cl. The van der Waals surface area contributed by atoms with E-state index < -0.39 is 0 Å². The van der Waals surface area contributed by atoms with Crippen LogP contribution in [-0.4, -0.2) is 46.3 Å². The summed E-state index contributed by atoms with van der Waals surface area (Å²) in [5.74, 6) is 0.278. The predicted molar refractivity (Wildman–Crippen MR) is 121 cm³/mol. The van der Waals surface area contributed by atoms with Gasteiger partial charge in [0.25, 0.3) is 0 Å². The summed E-state index contributed by atoms with van der Waals surface area (Å²) in [6, 6.07) is 8.96. The van der Waals surface area contributed by atoms with Crippen LogP contribution < -0.4 is 5.32 Å². The van der Waals surface area contributed by atoms with Gasteiger partial charge in [-0.1, -0.05) is 36.8 Å². The Balaban J connectivity index is 0.00000300. The molecule has 1 aromatic heterocycles. The second kappa shape index (κ2) is 10.8. The summed E-state index contributed by atoms with van der Waals surface area (Å²) >= 11 is 0. The van der Waals surface area contributed by atoms with Crippen LogP contribution in [0.3, 0.4) is 0 Å². The number of hydrogen-bond acceptors (Lipinski definition) is 3. The number of amides is 1. The maximum absolute atomic E-state index is 12.9. The van der Waals surface area contributed by atoms with Crippen LogP contribution in [0.15, 0.2) is 24.3 Å². The average molecular weight is 419 g/mol. The molecule has 2 heterocycles. The molecule has 1 aromatic carbocycles. The summed E-state index contributed by atoms with van der Waals surface area (Å²) in [5, 5.41) is 8.13. The molecule has 1 saturated heterocycles. The fourth-order valence-electron chi connectivity index (χ4n) is 4.15. The molecule has 1 atom stereocenters. The first kappa shape index (κ1) is 23.4. The molecule has 0 saturated carbocycles. The van der Waals surface area contributed by atoms with Gasteiger partial charge < -0.3 is 10.2 Å². The fraction of sp³-hybridized carbons (Fsp3) is 0.565. The highest BCUT2D eigenvalue weighted by molar-refractivity contribution is 5.85. The van der Waals surface area contributed by atoms with Crippen LogP contribution in [0.1, 0.15) is 54.3 Å². The molecule has 0 aliphatic carbocycles. The summed E-state index contributed by atoms with van der Waals surface area (Å²) in [6.07, 6.45) is 3.41. The summed E-state index contributed by atoms with van der Waals surface area (Å²) in [5.41, 5.74) is 5.96. The zero-order chi connectivity index (χ0) is 20.1. The maximum atomic E-state index is 12.9. The Labute approximate surface area is 181 Å². The van der Waals surface area contributed by atoms with E-state index in [0.717, 1.165) is 51.1 Å². The number of nitrogens with one attached hydrogen (secondary N) is 1. The van der Waals surface area contributed by atoms with Crippen molar-refractivity contribution in [3.63, 3.8) is 0 Å². The number of carbonyl (C=O) groups is 1. The van der Waals surface area contributed by atoms with E-state index in [1.165, 1.54) is 22.4 Å². The zero-order valence-corrected chi connectivity index (χ0v) is 19.0. The smallest absolute Gasteiger partial charge is 0.223 e. The molecule has 1 unspecified atom stereocenters. The first-order valence-corrected chi connectivity index (χ1v) is 10.6. The van der Waals surface area contributed by atoms with Crippen molar-refractivity contribution in [1.82, 2.24) is 20.0 Å². The highest BCUT2D eigenvalue weighted by Gasteiger charge is 2.26. The van der Waals surface area contributed by atoms with Gasteiger partial charge >= 0.3 is 0 Å². The molecule has 0 radical (unpaired) electrons. The highest BCUT2D eigenvalue weighted by atomic mass is 35.5.